The molecule has 0 aliphatic heterocycles. The maximum atomic E-state index is 13.7. The smallest absolute Gasteiger partial charge is 0.360 e. The van der Waals surface area contributed by atoms with E-state index in [1.807, 2.05) is 36.4 Å². The molecular weight excluding hydrogens is 470 g/mol. The first-order chi connectivity index (χ1) is 16.8. The molecule has 1 heterocycles. The summed E-state index contributed by atoms with van der Waals surface area (Å²) < 4.78 is 45.9. The van der Waals surface area contributed by atoms with Crippen molar-refractivity contribution < 1.29 is 27.4 Å². The van der Waals surface area contributed by atoms with Gasteiger partial charge in [-0.25, -0.2) is 22.2 Å². The average molecular weight is 496 g/mol. The molecule has 182 valence electrons. The highest BCUT2D eigenvalue weighted by molar-refractivity contribution is 7.89. The lowest BCUT2D eigenvalue weighted by atomic mass is 10.1. The molecule has 3 aromatic carbocycles. The van der Waals surface area contributed by atoms with Gasteiger partial charge < -0.3 is 14.2 Å². The highest BCUT2D eigenvalue weighted by Crippen LogP contribution is 2.44. The Kier molecular flexibility index (Phi) is 6.51. The van der Waals surface area contributed by atoms with Crippen LogP contribution in [0.4, 0.5) is 0 Å². The van der Waals surface area contributed by atoms with Gasteiger partial charge in [-0.2, -0.15) is 5.10 Å². The molecule has 1 aromatic heterocycles. The van der Waals surface area contributed by atoms with E-state index in [4.69, 9.17) is 14.2 Å². The molecule has 0 atom stereocenters. The molecule has 0 bridgehead atoms. The maximum Gasteiger partial charge on any atom is 0.360 e. The van der Waals surface area contributed by atoms with E-state index in [1.54, 1.807) is 24.3 Å². The third kappa shape index (κ3) is 4.00. The number of aromatic nitrogens is 2. The fourth-order valence-corrected chi connectivity index (χ4v) is 5.10. The van der Waals surface area contributed by atoms with E-state index in [0.29, 0.717) is 22.7 Å². The number of hydrogen-bond acceptors (Lipinski definition) is 7. The second-order valence-electron chi connectivity index (χ2n) is 7.75. The summed E-state index contributed by atoms with van der Waals surface area (Å²) in [7, 11) is 2.69. The Morgan fingerprint density at radius 1 is 0.886 bits per heavy atom. The van der Waals surface area contributed by atoms with Crippen molar-refractivity contribution >= 4 is 26.8 Å². The third-order valence-electron chi connectivity index (χ3n) is 5.62. The van der Waals surface area contributed by atoms with Crippen LogP contribution >= 0.6 is 0 Å². The van der Waals surface area contributed by atoms with Gasteiger partial charge in [-0.15, -0.1) is 0 Å². The molecule has 0 amide bonds. The molecule has 0 unspecified atom stereocenters. The Labute approximate surface area is 203 Å². The van der Waals surface area contributed by atoms with Crippen molar-refractivity contribution in [1.29, 1.82) is 0 Å². The molecule has 10 heteroatoms. The van der Waals surface area contributed by atoms with Gasteiger partial charge in [0.25, 0.3) is 0 Å². The molecule has 0 saturated carbocycles. The minimum atomic E-state index is -4.19. The van der Waals surface area contributed by atoms with Gasteiger partial charge in [0.1, 0.15) is 22.1 Å². The first-order valence-electron chi connectivity index (χ1n) is 10.6. The Morgan fingerprint density at radius 3 is 2.09 bits per heavy atom. The maximum absolute atomic E-state index is 13.7. The quantitative estimate of drug-likeness (QED) is 0.360. The molecule has 35 heavy (non-hydrogen) atoms. The first-order valence-corrected chi connectivity index (χ1v) is 12.0. The van der Waals surface area contributed by atoms with Crippen molar-refractivity contribution in [3.8, 4) is 28.4 Å². The number of rotatable bonds is 7. The molecule has 4 aromatic rings. The predicted molar refractivity (Wildman–Crippen MR) is 132 cm³/mol. The molecule has 0 N–H and O–H groups in total. The number of carbonyl (C=O) groups excluding carboxylic acids is 1. The number of nitrogens with zero attached hydrogens (tertiary/aromatic N) is 3. The number of fused-ring (bicyclic) bond motifs is 1. The molecule has 0 saturated heterocycles. The Hall–Kier alpha value is -3.89. The lowest BCUT2D eigenvalue weighted by molar-refractivity contribution is 0.0589. The third-order valence-corrected chi connectivity index (χ3v) is 7.48. The van der Waals surface area contributed by atoms with E-state index in [1.165, 1.54) is 40.1 Å². The summed E-state index contributed by atoms with van der Waals surface area (Å²) >= 11 is 0. The second-order valence-corrected chi connectivity index (χ2v) is 9.84. The monoisotopic (exact) mass is 495 g/mol. The van der Waals surface area contributed by atoms with Crippen LogP contribution in [-0.2, 0) is 14.8 Å². The van der Waals surface area contributed by atoms with Crippen LogP contribution in [0.15, 0.2) is 65.6 Å². The molecule has 4 rings (SSSR count). The topological polar surface area (TPSA) is 100.0 Å². The van der Waals surface area contributed by atoms with Crippen LogP contribution in [0.1, 0.15) is 10.5 Å². The van der Waals surface area contributed by atoms with Gasteiger partial charge in [-0.05, 0) is 23.6 Å². The van der Waals surface area contributed by atoms with Gasteiger partial charge in [-0.1, -0.05) is 42.5 Å². The molecule has 0 spiro atoms. The van der Waals surface area contributed by atoms with E-state index in [0.717, 1.165) is 15.1 Å². The highest BCUT2D eigenvalue weighted by atomic mass is 32.2. The summed E-state index contributed by atoms with van der Waals surface area (Å²) in [5.41, 5.74) is 0.659. The second kappa shape index (κ2) is 9.40. The standard InChI is InChI=1S/C25H25N3O6S/c1-27(2)35(30,31)24-22(25(29)34-5)26-28(18-13-8-11-16-10-6-7-12-17(16)18)23(24)21-19(32-3)14-9-15-20(21)33-4/h6-15H,1-5H3. The first kappa shape index (κ1) is 24.2. The summed E-state index contributed by atoms with van der Waals surface area (Å²) in [6, 6.07) is 18.3. The summed E-state index contributed by atoms with van der Waals surface area (Å²) in [6.07, 6.45) is 0. The van der Waals surface area contributed by atoms with Gasteiger partial charge in [-0.3, -0.25) is 0 Å². The molecule has 0 aliphatic rings. The number of benzene rings is 3. The zero-order valence-electron chi connectivity index (χ0n) is 20.0. The largest absolute Gasteiger partial charge is 0.496 e. The van der Waals surface area contributed by atoms with E-state index < -0.39 is 16.0 Å². The van der Waals surface area contributed by atoms with Gasteiger partial charge in [0.05, 0.1) is 32.6 Å². The lowest BCUT2D eigenvalue weighted by Crippen LogP contribution is -2.24. The number of sulfonamides is 1. The number of ether oxygens (including phenoxy) is 3. The fourth-order valence-electron chi connectivity index (χ4n) is 3.93. The Bertz CT molecular complexity index is 1500. The predicted octanol–water partition coefficient (Wildman–Crippen LogP) is 3.75. The van der Waals surface area contributed by atoms with Crippen LogP contribution in [0.2, 0.25) is 0 Å². The van der Waals surface area contributed by atoms with Crippen molar-refractivity contribution in [1.82, 2.24) is 14.1 Å². The summed E-state index contributed by atoms with van der Waals surface area (Å²) in [6.45, 7) is 0. The lowest BCUT2D eigenvalue weighted by Gasteiger charge is -2.18. The van der Waals surface area contributed by atoms with Crippen LogP contribution in [0.3, 0.4) is 0 Å². The molecular formula is C25H25N3O6S. The van der Waals surface area contributed by atoms with Crippen molar-refractivity contribution in [3.05, 3.63) is 66.4 Å². The fraction of sp³-hybridized carbons (Fsp3) is 0.200. The SMILES string of the molecule is COC(=O)c1nn(-c2cccc3ccccc23)c(-c2c(OC)cccc2OC)c1S(=O)(=O)N(C)C. The van der Waals surface area contributed by atoms with Crippen LogP contribution in [0, 0.1) is 0 Å². The molecule has 9 nitrogen and oxygen atoms in total. The molecule has 0 radical (unpaired) electrons. The van der Waals surface area contributed by atoms with Crippen LogP contribution < -0.4 is 9.47 Å². The Balaban J connectivity index is 2.28. The number of methoxy groups -OCH3 is 3. The average Bonchev–Trinajstić information content (AvgIpc) is 3.27. The van der Waals surface area contributed by atoms with Crippen LogP contribution in [-0.4, -0.2) is 63.9 Å². The van der Waals surface area contributed by atoms with Crippen LogP contribution in [0.5, 0.6) is 11.5 Å². The molecule has 0 aliphatic carbocycles. The van der Waals surface area contributed by atoms with E-state index in [2.05, 4.69) is 5.10 Å². The van der Waals surface area contributed by atoms with Crippen molar-refractivity contribution in [3.63, 3.8) is 0 Å². The summed E-state index contributed by atoms with van der Waals surface area (Å²) in [5, 5.41) is 6.22. The van der Waals surface area contributed by atoms with Gasteiger partial charge in [0, 0.05) is 19.5 Å². The summed E-state index contributed by atoms with van der Waals surface area (Å²) in [4.78, 5) is 12.5. The van der Waals surface area contributed by atoms with Crippen molar-refractivity contribution in [2.24, 2.45) is 0 Å². The van der Waals surface area contributed by atoms with E-state index in [-0.39, 0.29) is 16.3 Å². The highest BCUT2D eigenvalue weighted by Gasteiger charge is 2.37. The van der Waals surface area contributed by atoms with Gasteiger partial charge >= 0.3 is 5.97 Å². The van der Waals surface area contributed by atoms with Gasteiger partial charge in [0.15, 0.2) is 5.69 Å². The summed E-state index contributed by atoms with van der Waals surface area (Å²) in [5.74, 6) is -0.200. The zero-order valence-corrected chi connectivity index (χ0v) is 20.8. The number of esters is 1. The minimum Gasteiger partial charge on any atom is -0.496 e. The van der Waals surface area contributed by atoms with E-state index >= 15 is 0 Å². The van der Waals surface area contributed by atoms with Crippen LogP contribution in [0.25, 0.3) is 27.7 Å². The number of carbonyl (C=O) groups is 1. The normalized spacial score (nSPS) is 11.6. The molecule has 0 fully saturated rings. The number of hydrogen-bond donors (Lipinski definition) is 0. The van der Waals surface area contributed by atoms with Gasteiger partial charge in [0.2, 0.25) is 10.0 Å². The Morgan fingerprint density at radius 2 is 1.49 bits per heavy atom. The van der Waals surface area contributed by atoms with Crippen molar-refractivity contribution in [2.75, 3.05) is 35.4 Å². The van der Waals surface area contributed by atoms with E-state index in [9.17, 15) is 13.2 Å². The zero-order chi connectivity index (χ0) is 25.3. The minimum absolute atomic E-state index is 0.116. The van der Waals surface area contributed by atoms with Crippen molar-refractivity contribution in [2.45, 2.75) is 4.90 Å².